The summed E-state index contributed by atoms with van der Waals surface area (Å²) in [5.41, 5.74) is -0.495. The van der Waals surface area contributed by atoms with Gasteiger partial charge in [-0.2, -0.15) is 11.8 Å². The zero-order valence-electron chi connectivity index (χ0n) is 29.8. The van der Waals surface area contributed by atoms with E-state index in [0.717, 1.165) is 10.9 Å². The lowest BCUT2D eigenvalue weighted by Crippen LogP contribution is -2.61. The fraction of sp³-hybridized carbons (Fsp3) is 0.385. The van der Waals surface area contributed by atoms with Crippen molar-refractivity contribution in [3.05, 3.63) is 96.2 Å². The molecule has 0 aromatic heterocycles. The van der Waals surface area contributed by atoms with Crippen molar-refractivity contribution < 1.29 is 28.8 Å². The molecule has 274 valence electrons. The van der Waals surface area contributed by atoms with Crippen LogP contribution in [0.3, 0.4) is 0 Å². The molecule has 1 saturated heterocycles. The summed E-state index contributed by atoms with van der Waals surface area (Å²) < 4.78 is 0. The van der Waals surface area contributed by atoms with E-state index in [1.54, 1.807) is 19.1 Å². The fourth-order valence-corrected chi connectivity index (χ4v) is 7.04. The minimum atomic E-state index is -1.72. The molecule has 2 bridgehead atoms. The quantitative estimate of drug-likeness (QED) is 0.238. The average Bonchev–Trinajstić information content (AvgIpc) is 3.48. The van der Waals surface area contributed by atoms with Crippen LogP contribution in [-0.4, -0.2) is 83.1 Å². The molecule has 5 rings (SSSR count). The Morgan fingerprint density at radius 2 is 1.54 bits per heavy atom. The second-order valence-electron chi connectivity index (χ2n) is 13.7. The number of amides is 6. The van der Waals surface area contributed by atoms with Gasteiger partial charge >= 0.3 is 0 Å². The third kappa shape index (κ3) is 8.82. The average molecular weight is 727 g/mol. The second kappa shape index (κ2) is 16.9. The molecular weight excluding hydrogens is 681 g/mol. The minimum Gasteiger partial charge on any atom is -0.345 e. The maximum atomic E-state index is 14.6. The molecule has 6 amide bonds. The van der Waals surface area contributed by atoms with E-state index < -0.39 is 71.7 Å². The lowest BCUT2D eigenvalue weighted by Gasteiger charge is -2.33. The van der Waals surface area contributed by atoms with E-state index in [9.17, 15) is 28.8 Å². The van der Waals surface area contributed by atoms with Crippen LogP contribution in [0, 0.1) is 5.92 Å². The normalized spacial score (nSPS) is 24.8. The van der Waals surface area contributed by atoms with E-state index in [2.05, 4.69) is 26.6 Å². The largest absolute Gasteiger partial charge is 0.345 e. The summed E-state index contributed by atoms with van der Waals surface area (Å²) in [5, 5.41) is 15.5. The first-order valence-corrected chi connectivity index (χ1v) is 18.8. The Kier molecular flexibility index (Phi) is 12.4. The molecule has 1 fully saturated rings. The number of thioether (sulfide) groups is 1. The van der Waals surface area contributed by atoms with Crippen LogP contribution < -0.4 is 26.6 Å². The van der Waals surface area contributed by atoms with Crippen LogP contribution in [0.1, 0.15) is 44.7 Å². The van der Waals surface area contributed by atoms with Crippen molar-refractivity contribution in [2.45, 2.75) is 69.7 Å². The zero-order chi connectivity index (χ0) is 37.4. The van der Waals surface area contributed by atoms with E-state index in [1.165, 1.54) is 28.9 Å². The Morgan fingerprint density at radius 1 is 0.827 bits per heavy atom. The van der Waals surface area contributed by atoms with Gasteiger partial charge in [-0.25, -0.2) is 0 Å². The highest BCUT2D eigenvalue weighted by Gasteiger charge is 2.42. The molecule has 2 aliphatic heterocycles. The molecule has 0 spiro atoms. The number of nitrogens with zero attached hydrogens (tertiary/aromatic N) is 1. The molecule has 2 aliphatic rings. The standard InChI is InChI=1S/C39H46N6O6S/c1-24(2)21-32-36(49)41-29(18-20-52-4)34(47)40-23-33(46)44-39(3,28-16-10-14-26-13-8-9-15-27(26)28)38(51)43-31(22-25-11-6-5-7-12-25)35(48)42-30-17-19-45(32)37(30)50/h5-17,19,24,29-32H,18,20-23H2,1-4H3,(H,40,47)(H,41,49)(H,42,48)(H,43,51)(H,44,46)/t29-,30?,31+,32+,39?/m1/s1. The van der Waals surface area contributed by atoms with Crippen LogP contribution in [0.4, 0.5) is 0 Å². The van der Waals surface area contributed by atoms with Crippen molar-refractivity contribution >= 4 is 58.0 Å². The van der Waals surface area contributed by atoms with Gasteiger partial charge in [0.15, 0.2) is 0 Å². The molecule has 5 atom stereocenters. The number of benzene rings is 3. The highest BCUT2D eigenvalue weighted by atomic mass is 32.2. The Balaban J connectivity index is 1.57. The highest BCUT2D eigenvalue weighted by Crippen LogP contribution is 2.30. The van der Waals surface area contributed by atoms with Gasteiger partial charge in [0.25, 0.3) is 11.8 Å². The van der Waals surface area contributed by atoms with Crippen molar-refractivity contribution in [3.63, 3.8) is 0 Å². The topological polar surface area (TPSA) is 166 Å². The first-order chi connectivity index (χ1) is 24.9. The molecule has 2 unspecified atom stereocenters. The van der Waals surface area contributed by atoms with Crippen LogP contribution in [0.5, 0.6) is 0 Å². The number of carbonyl (C=O) groups excluding carboxylic acids is 6. The molecule has 0 radical (unpaired) electrons. The van der Waals surface area contributed by atoms with Crippen LogP contribution in [0.2, 0.25) is 0 Å². The van der Waals surface area contributed by atoms with Gasteiger partial charge in [-0.3, -0.25) is 28.8 Å². The first-order valence-electron chi connectivity index (χ1n) is 17.4. The van der Waals surface area contributed by atoms with Crippen molar-refractivity contribution in [1.29, 1.82) is 0 Å². The number of fused-ring (bicyclic) bond motifs is 3. The number of carbonyl (C=O) groups is 6. The lowest BCUT2D eigenvalue weighted by molar-refractivity contribution is -0.140. The Bertz CT molecular complexity index is 1850. The van der Waals surface area contributed by atoms with Crippen molar-refractivity contribution in [2.75, 3.05) is 18.6 Å². The fourth-order valence-electron chi connectivity index (χ4n) is 6.57. The van der Waals surface area contributed by atoms with Crippen LogP contribution in [0.25, 0.3) is 10.8 Å². The van der Waals surface area contributed by atoms with Crippen molar-refractivity contribution in [3.8, 4) is 0 Å². The monoisotopic (exact) mass is 726 g/mol. The number of nitrogens with one attached hydrogen (secondary N) is 5. The third-order valence-corrected chi connectivity index (χ3v) is 9.98. The SMILES string of the molecule is CSCC[C@H]1NC(=O)[C@H](CC(C)C)N2C=CC(NC(=O)[C@H](Cc3ccccc3)NC(=O)C(C)(c3cccc4ccccc34)NC(=O)CNC1=O)C2=O. The smallest absolute Gasteiger partial charge is 0.253 e. The van der Waals surface area contributed by atoms with Gasteiger partial charge < -0.3 is 31.5 Å². The van der Waals surface area contributed by atoms with Crippen molar-refractivity contribution in [1.82, 2.24) is 31.5 Å². The van der Waals surface area contributed by atoms with Gasteiger partial charge in [-0.05, 0) is 65.7 Å². The molecule has 52 heavy (non-hydrogen) atoms. The van der Waals surface area contributed by atoms with E-state index in [-0.39, 0.29) is 18.8 Å². The Hall–Kier alpha value is -5.17. The van der Waals surface area contributed by atoms with Crippen LogP contribution >= 0.6 is 11.8 Å². The van der Waals surface area contributed by atoms with E-state index in [0.29, 0.717) is 23.1 Å². The maximum absolute atomic E-state index is 14.6. The van der Waals surface area contributed by atoms with Gasteiger partial charge in [-0.1, -0.05) is 86.6 Å². The molecule has 13 heteroatoms. The highest BCUT2D eigenvalue weighted by molar-refractivity contribution is 7.98. The summed E-state index contributed by atoms with van der Waals surface area (Å²) in [5.74, 6) is -3.01. The first kappa shape index (κ1) is 38.1. The van der Waals surface area contributed by atoms with E-state index in [4.69, 9.17) is 0 Å². The molecule has 5 N–H and O–H groups in total. The number of rotatable bonds is 8. The van der Waals surface area contributed by atoms with Gasteiger partial charge in [0.05, 0.1) is 6.54 Å². The molecule has 0 aliphatic carbocycles. The summed E-state index contributed by atoms with van der Waals surface area (Å²) in [6, 6.07) is 17.7. The Labute approximate surface area is 307 Å². The lowest BCUT2D eigenvalue weighted by atomic mass is 9.86. The predicted molar refractivity (Wildman–Crippen MR) is 201 cm³/mol. The Morgan fingerprint density at radius 3 is 2.27 bits per heavy atom. The summed E-state index contributed by atoms with van der Waals surface area (Å²) >= 11 is 1.50. The van der Waals surface area contributed by atoms with Gasteiger partial charge in [-0.15, -0.1) is 0 Å². The van der Waals surface area contributed by atoms with E-state index >= 15 is 0 Å². The minimum absolute atomic E-state index is 0.00660. The summed E-state index contributed by atoms with van der Waals surface area (Å²) in [6.45, 7) is 4.90. The third-order valence-electron chi connectivity index (χ3n) is 9.33. The molecule has 0 saturated carbocycles. The maximum Gasteiger partial charge on any atom is 0.253 e. The van der Waals surface area contributed by atoms with E-state index in [1.807, 2.05) is 80.8 Å². The van der Waals surface area contributed by atoms with Crippen LogP contribution in [0.15, 0.2) is 85.1 Å². The predicted octanol–water partition coefficient (Wildman–Crippen LogP) is 2.52. The van der Waals surface area contributed by atoms with Gasteiger partial charge in [0.1, 0.15) is 29.7 Å². The molecule has 3 aromatic rings. The molecular formula is C39H46N6O6S. The van der Waals surface area contributed by atoms with Gasteiger partial charge in [0.2, 0.25) is 23.6 Å². The van der Waals surface area contributed by atoms with Gasteiger partial charge in [0, 0.05) is 12.6 Å². The zero-order valence-corrected chi connectivity index (χ0v) is 30.6. The molecule has 12 nitrogen and oxygen atoms in total. The summed E-state index contributed by atoms with van der Waals surface area (Å²) in [7, 11) is 0. The summed E-state index contributed by atoms with van der Waals surface area (Å²) in [4.78, 5) is 84.8. The number of hydrogen-bond donors (Lipinski definition) is 5. The molecule has 3 aromatic carbocycles. The molecule has 2 heterocycles. The summed E-state index contributed by atoms with van der Waals surface area (Å²) in [6.07, 6.45) is 5.52. The van der Waals surface area contributed by atoms with Crippen molar-refractivity contribution in [2.24, 2.45) is 5.92 Å². The second-order valence-corrected chi connectivity index (χ2v) is 14.7. The number of hydrogen-bond acceptors (Lipinski definition) is 7. The van der Waals surface area contributed by atoms with Crippen LogP contribution in [-0.2, 0) is 40.7 Å².